The van der Waals surface area contributed by atoms with Crippen molar-refractivity contribution in [1.29, 1.82) is 0 Å². The van der Waals surface area contributed by atoms with Gasteiger partial charge in [0, 0.05) is 30.7 Å². The van der Waals surface area contributed by atoms with Crippen LogP contribution in [0.15, 0.2) is 34.7 Å². The summed E-state index contributed by atoms with van der Waals surface area (Å²) < 4.78 is 26.8. The van der Waals surface area contributed by atoms with Crippen molar-refractivity contribution < 1.29 is 8.42 Å². The molecule has 0 atom stereocenters. The summed E-state index contributed by atoms with van der Waals surface area (Å²) in [6.45, 7) is 3.71. The highest BCUT2D eigenvalue weighted by atomic mass is 32.2. The van der Waals surface area contributed by atoms with Crippen molar-refractivity contribution in [1.82, 2.24) is 9.29 Å². The predicted molar refractivity (Wildman–Crippen MR) is 84.0 cm³/mol. The Hall–Kier alpha value is -1.44. The van der Waals surface area contributed by atoms with Gasteiger partial charge >= 0.3 is 0 Å². The third-order valence-corrected chi connectivity index (χ3v) is 6.36. The third kappa shape index (κ3) is 2.81. The third-order valence-electron chi connectivity index (χ3n) is 3.50. The fourth-order valence-corrected chi connectivity index (χ4v) is 4.65. The van der Waals surface area contributed by atoms with E-state index < -0.39 is 10.0 Å². The van der Waals surface area contributed by atoms with Gasteiger partial charge in [0.2, 0.25) is 10.0 Å². The molecule has 21 heavy (non-hydrogen) atoms. The molecule has 0 radical (unpaired) electrons. The maximum Gasteiger partial charge on any atom is 0.244 e. The van der Waals surface area contributed by atoms with E-state index in [1.165, 1.54) is 15.4 Å². The number of aromatic nitrogens is 1. The molecular formula is C14H17N3O2S2. The van der Waals surface area contributed by atoms with Crippen LogP contribution < -0.4 is 5.32 Å². The minimum atomic E-state index is -3.47. The Kier molecular flexibility index (Phi) is 3.97. The number of anilines is 1. The van der Waals surface area contributed by atoms with Crippen LogP contribution in [-0.4, -0.2) is 30.8 Å². The Bertz CT molecular complexity index is 723. The van der Waals surface area contributed by atoms with Gasteiger partial charge in [0.05, 0.1) is 0 Å². The molecule has 0 amide bonds. The number of hydrogen-bond acceptors (Lipinski definition) is 5. The van der Waals surface area contributed by atoms with E-state index in [1.54, 1.807) is 23.5 Å². The van der Waals surface area contributed by atoms with Crippen molar-refractivity contribution in [3.05, 3.63) is 40.2 Å². The molecular weight excluding hydrogens is 306 g/mol. The summed E-state index contributed by atoms with van der Waals surface area (Å²) in [5.41, 5.74) is 1.12. The van der Waals surface area contributed by atoms with E-state index in [0.29, 0.717) is 18.9 Å². The summed E-state index contributed by atoms with van der Waals surface area (Å²) in [6.07, 6.45) is 2.21. The monoisotopic (exact) mass is 323 g/mol. The molecule has 1 aliphatic rings. The molecule has 1 N–H and O–H groups in total. The van der Waals surface area contributed by atoms with Crippen LogP contribution in [-0.2, 0) is 23.0 Å². The average molecular weight is 323 g/mol. The van der Waals surface area contributed by atoms with Crippen molar-refractivity contribution in [3.8, 4) is 0 Å². The number of nitrogens with one attached hydrogen (secondary N) is 1. The lowest BCUT2D eigenvalue weighted by molar-refractivity contribution is 0.394. The topological polar surface area (TPSA) is 62.3 Å². The fourth-order valence-electron chi connectivity index (χ4n) is 2.40. The molecule has 1 aliphatic heterocycles. The van der Waals surface area contributed by atoms with Gasteiger partial charge in [0.1, 0.15) is 10.7 Å². The molecule has 2 aromatic heterocycles. The molecule has 112 valence electrons. The summed E-state index contributed by atoms with van der Waals surface area (Å²) in [4.78, 5) is 5.70. The smallest absolute Gasteiger partial charge is 0.244 e. The van der Waals surface area contributed by atoms with Crippen LogP contribution in [0.2, 0.25) is 0 Å². The van der Waals surface area contributed by atoms with Crippen LogP contribution in [0.5, 0.6) is 0 Å². The zero-order chi connectivity index (χ0) is 14.9. The SMILES string of the molecule is CCNc1ccc(S(=O)(=O)N2CCc3sccc3C2)cn1. The first-order valence-corrected chi connectivity index (χ1v) is 9.18. The number of hydrogen-bond donors (Lipinski definition) is 1. The molecule has 3 heterocycles. The molecule has 2 aromatic rings. The van der Waals surface area contributed by atoms with Crippen molar-refractivity contribution in [2.75, 3.05) is 18.4 Å². The van der Waals surface area contributed by atoms with Crippen molar-refractivity contribution in [2.45, 2.75) is 24.8 Å². The number of sulfonamides is 1. The Labute approximate surface area is 128 Å². The second kappa shape index (κ2) is 5.75. The van der Waals surface area contributed by atoms with Crippen LogP contribution >= 0.6 is 11.3 Å². The number of rotatable bonds is 4. The molecule has 0 saturated carbocycles. The van der Waals surface area contributed by atoms with Crippen LogP contribution in [0.25, 0.3) is 0 Å². The van der Waals surface area contributed by atoms with E-state index in [0.717, 1.165) is 18.5 Å². The van der Waals surface area contributed by atoms with Crippen LogP contribution in [0, 0.1) is 0 Å². The van der Waals surface area contributed by atoms with Gasteiger partial charge in [-0.15, -0.1) is 11.3 Å². The summed E-state index contributed by atoms with van der Waals surface area (Å²) >= 11 is 1.70. The molecule has 0 saturated heterocycles. The molecule has 7 heteroatoms. The first-order chi connectivity index (χ1) is 10.1. The molecule has 3 rings (SSSR count). The zero-order valence-corrected chi connectivity index (χ0v) is 13.4. The summed E-state index contributed by atoms with van der Waals surface area (Å²) in [5, 5.41) is 5.08. The number of fused-ring (bicyclic) bond motifs is 1. The minimum Gasteiger partial charge on any atom is -0.370 e. The first-order valence-electron chi connectivity index (χ1n) is 6.86. The maximum absolute atomic E-state index is 12.7. The van der Waals surface area contributed by atoms with Crippen LogP contribution in [0.1, 0.15) is 17.4 Å². The fraction of sp³-hybridized carbons (Fsp3) is 0.357. The highest BCUT2D eigenvalue weighted by Gasteiger charge is 2.28. The Morgan fingerprint density at radius 2 is 2.24 bits per heavy atom. The Morgan fingerprint density at radius 3 is 2.95 bits per heavy atom. The number of pyridine rings is 1. The van der Waals surface area contributed by atoms with E-state index in [-0.39, 0.29) is 4.90 Å². The lowest BCUT2D eigenvalue weighted by Gasteiger charge is -2.26. The summed E-state index contributed by atoms with van der Waals surface area (Å²) in [7, 11) is -3.47. The standard InChI is InChI=1S/C14H17N3O2S2/c1-2-15-14-4-3-12(9-16-14)21(18,19)17-7-5-13-11(10-17)6-8-20-13/h3-4,6,8-9H,2,5,7,10H2,1H3,(H,15,16). The lowest BCUT2D eigenvalue weighted by atomic mass is 10.1. The molecule has 0 aliphatic carbocycles. The normalized spacial score (nSPS) is 15.7. The zero-order valence-electron chi connectivity index (χ0n) is 11.7. The number of thiophene rings is 1. The number of nitrogens with zero attached hydrogens (tertiary/aromatic N) is 2. The molecule has 0 unspecified atom stereocenters. The lowest BCUT2D eigenvalue weighted by Crippen LogP contribution is -2.35. The second-order valence-corrected chi connectivity index (χ2v) is 7.81. The van der Waals surface area contributed by atoms with E-state index in [2.05, 4.69) is 10.3 Å². The van der Waals surface area contributed by atoms with Gasteiger partial charge in [-0.3, -0.25) is 0 Å². The van der Waals surface area contributed by atoms with E-state index in [4.69, 9.17) is 0 Å². The first kappa shape index (κ1) is 14.5. The van der Waals surface area contributed by atoms with Gasteiger partial charge in [-0.25, -0.2) is 13.4 Å². The van der Waals surface area contributed by atoms with Crippen molar-refractivity contribution in [3.63, 3.8) is 0 Å². The quantitative estimate of drug-likeness (QED) is 0.938. The molecule has 0 aromatic carbocycles. The van der Waals surface area contributed by atoms with Gasteiger partial charge in [0.25, 0.3) is 0 Å². The van der Waals surface area contributed by atoms with E-state index >= 15 is 0 Å². The second-order valence-electron chi connectivity index (χ2n) is 4.87. The maximum atomic E-state index is 12.7. The van der Waals surface area contributed by atoms with Gasteiger partial charge in [-0.1, -0.05) is 0 Å². The van der Waals surface area contributed by atoms with Gasteiger partial charge in [0.15, 0.2) is 0 Å². The minimum absolute atomic E-state index is 0.253. The highest BCUT2D eigenvalue weighted by molar-refractivity contribution is 7.89. The average Bonchev–Trinajstić information content (AvgIpc) is 2.95. The van der Waals surface area contributed by atoms with Crippen LogP contribution in [0.3, 0.4) is 0 Å². The van der Waals surface area contributed by atoms with Gasteiger partial charge < -0.3 is 5.32 Å². The van der Waals surface area contributed by atoms with Crippen molar-refractivity contribution in [2.24, 2.45) is 0 Å². The molecule has 0 fully saturated rings. The van der Waals surface area contributed by atoms with Crippen molar-refractivity contribution >= 4 is 27.2 Å². The molecule has 0 bridgehead atoms. The predicted octanol–water partition coefficient (Wildman–Crippen LogP) is 2.32. The van der Waals surface area contributed by atoms with Crippen LogP contribution in [0.4, 0.5) is 5.82 Å². The molecule has 0 spiro atoms. The van der Waals surface area contributed by atoms with E-state index in [9.17, 15) is 8.42 Å². The van der Waals surface area contributed by atoms with Gasteiger partial charge in [-0.2, -0.15) is 4.31 Å². The molecule has 5 nitrogen and oxygen atoms in total. The van der Waals surface area contributed by atoms with Gasteiger partial charge in [-0.05, 0) is 42.5 Å². The largest absolute Gasteiger partial charge is 0.370 e. The Balaban J connectivity index is 1.84. The summed E-state index contributed by atoms with van der Waals surface area (Å²) in [6, 6.07) is 5.33. The Morgan fingerprint density at radius 1 is 1.38 bits per heavy atom. The highest BCUT2D eigenvalue weighted by Crippen LogP contribution is 2.28. The van der Waals surface area contributed by atoms with E-state index in [1.807, 2.05) is 18.4 Å². The summed E-state index contributed by atoms with van der Waals surface area (Å²) in [5.74, 6) is 0.690.